The van der Waals surface area contributed by atoms with E-state index >= 15 is 0 Å². The highest BCUT2D eigenvalue weighted by Crippen LogP contribution is 2.23. The van der Waals surface area contributed by atoms with Crippen LogP contribution in [0.5, 0.6) is 0 Å². The number of hydrogen-bond donors (Lipinski definition) is 1. The molecule has 31 heavy (non-hydrogen) atoms. The molecule has 0 spiro atoms. The van der Waals surface area contributed by atoms with Crippen LogP contribution in [0.3, 0.4) is 0 Å². The lowest BCUT2D eigenvalue weighted by atomic mass is 9.99. The van der Waals surface area contributed by atoms with Crippen LogP contribution < -0.4 is 5.32 Å². The zero-order valence-corrected chi connectivity index (χ0v) is 17.4. The molecule has 1 N–H and O–H groups in total. The minimum absolute atomic E-state index is 0.241. The van der Waals surface area contributed by atoms with Gasteiger partial charge in [-0.25, -0.2) is 0 Å². The van der Waals surface area contributed by atoms with Gasteiger partial charge in [0.25, 0.3) is 5.91 Å². The third kappa shape index (κ3) is 4.61. The van der Waals surface area contributed by atoms with Crippen molar-refractivity contribution in [2.45, 2.75) is 26.2 Å². The van der Waals surface area contributed by atoms with Gasteiger partial charge in [0.1, 0.15) is 11.5 Å². The van der Waals surface area contributed by atoms with E-state index in [-0.39, 0.29) is 11.6 Å². The Kier molecular flexibility index (Phi) is 6.03. The van der Waals surface area contributed by atoms with Gasteiger partial charge >= 0.3 is 0 Å². The normalized spacial score (nSPS) is 12.5. The minimum Gasteiger partial charge on any atom is -0.465 e. The van der Waals surface area contributed by atoms with Crippen LogP contribution in [0.2, 0.25) is 0 Å². The predicted molar refractivity (Wildman–Crippen MR) is 120 cm³/mol. The Hall–Kier alpha value is -4.00. The Morgan fingerprint density at radius 3 is 2.55 bits per heavy atom. The Balaban J connectivity index is 1.67. The van der Waals surface area contributed by atoms with E-state index in [1.54, 1.807) is 24.5 Å². The lowest BCUT2D eigenvalue weighted by molar-refractivity contribution is -0.111. The van der Waals surface area contributed by atoms with Crippen LogP contribution >= 0.6 is 0 Å². The van der Waals surface area contributed by atoms with E-state index in [1.165, 1.54) is 10.2 Å². The maximum atomic E-state index is 13.3. The zero-order valence-electron chi connectivity index (χ0n) is 17.4. The fourth-order valence-corrected chi connectivity index (χ4v) is 3.17. The molecule has 0 bridgehead atoms. The van der Waals surface area contributed by atoms with Crippen molar-refractivity contribution in [1.29, 1.82) is 0 Å². The van der Waals surface area contributed by atoms with Crippen LogP contribution in [0.1, 0.15) is 37.5 Å². The van der Waals surface area contributed by atoms with Crippen molar-refractivity contribution in [1.82, 2.24) is 20.2 Å². The van der Waals surface area contributed by atoms with Gasteiger partial charge in [-0.1, -0.05) is 56.3 Å². The van der Waals surface area contributed by atoms with Gasteiger partial charge in [0.2, 0.25) is 0 Å². The average molecular weight is 413 g/mol. The van der Waals surface area contributed by atoms with Gasteiger partial charge in [-0.05, 0) is 52.6 Å². The Labute approximate surface area is 180 Å². The molecule has 0 unspecified atom stereocenters. The van der Waals surface area contributed by atoms with Crippen LogP contribution in [0.4, 0.5) is 5.69 Å². The first kappa shape index (κ1) is 20.3. The molecule has 0 aliphatic carbocycles. The van der Waals surface area contributed by atoms with E-state index < -0.39 is 0 Å². The van der Waals surface area contributed by atoms with Crippen LogP contribution in [0.15, 0.2) is 77.4 Å². The predicted octanol–water partition coefficient (Wildman–Crippen LogP) is 5.08. The highest BCUT2D eigenvalue weighted by Gasteiger charge is 2.20. The lowest BCUT2D eigenvalue weighted by Gasteiger charge is -2.12. The quantitative estimate of drug-likeness (QED) is 0.427. The fraction of sp³-hybridized carbons (Fsp3) is 0.167. The number of benzene rings is 2. The summed E-state index contributed by atoms with van der Waals surface area (Å²) in [5.74, 6) is 1.10. The Morgan fingerprint density at radius 1 is 1.10 bits per heavy atom. The summed E-state index contributed by atoms with van der Waals surface area (Å²) in [4.78, 5) is 13.3. The molecule has 7 heteroatoms. The van der Waals surface area contributed by atoms with Crippen LogP contribution in [-0.4, -0.2) is 26.1 Å². The number of amides is 1. The van der Waals surface area contributed by atoms with Crippen LogP contribution in [0.25, 0.3) is 23.2 Å². The average Bonchev–Trinajstić information content (AvgIpc) is 3.50. The largest absolute Gasteiger partial charge is 0.465 e. The summed E-state index contributed by atoms with van der Waals surface area (Å²) in [6.07, 6.45) is 4.22. The number of nitrogens with zero attached hydrogens (tertiary/aromatic N) is 4. The van der Waals surface area contributed by atoms with Crippen molar-refractivity contribution in [2.24, 2.45) is 0 Å². The molecule has 2 aromatic heterocycles. The second-order valence-corrected chi connectivity index (χ2v) is 7.21. The highest BCUT2D eigenvalue weighted by atomic mass is 16.3. The summed E-state index contributed by atoms with van der Waals surface area (Å²) >= 11 is 0. The molecule has 156 valence electrons. The molecule has 2 aromatic carbocycles. The van der Waals surface area contributed by atoms with E-state index in [1.807, 2.05) is 54.6 Å². The van der Waals surface area contributed by atoms with E-state index in [9.17, 15) is 4.79 Å². The first-order valence-electron chi connectivity index (χ1n) is 10.2. The number of nitrogens with one attached hydrogen (secondary N) is 1. The number of carbonyl (C=O) groups excluding carboxylic acids is 1. The number of carbonyl (C=O) groups is 1. The Morgan fingerprint density at radius 2 is 1.87 bits per heavy atom. The topological polar surface area (TPSA) is 85.8 Å². The van der Waals surface area contributed by atoms with E-state index in [4.69, 9.17) is 4.42 Å². The van der Waals surface area contributed by atoms with Gasteiger partial charge in [-0.3, -0.25) is 4.79 Å². The van der Waals surface area contributed by atoms with E-state index in [0.29, 0.717) is 23.2 Å². The zero-order chi connectivity index (χ0) is 21.6. The van der Waals surface area contributed by atoms with Crippen molar-refractivity contribution < 1.29 is 9.21 Å². The number of tetrazole rings is 1. The minimum atomic E-state index is -0.350. The molecule has 0 aliphatic heterocycles. The third-order valence-electron chi connectivity index (χ3n) is 5.13. The molecule has 4 aromatic rings. The SMILES string of the molecule is CC[C@H](C)c1ccc(NC(=O)/C(=C\c2ccco2)n2nnnc2-c2ccccc2)cc1. The summed E-state index contributed by atoms with van der Waals surface area (Å²) in [5, 5.41) is 14.9. The molecule has 2 heterocycles. The van der Waals surface area contributed by atoms with Crippen LogP contribution in [0, 0.1) is 0 Å². The smallest absolute Gasteiger partial charge is 0.274 e. The van der Waals surface area contributed by atoms with Crippen molar-refractivity contribution in [2.75, 3.05) is 5.32 Å². The van der Waals surface area contributed by atoms with E-state index in [0.717, 1.165) is 12.0 Å². The van der Waals surface area contributed by atoms with Crippen molar-refractivity contribution >= 4 is 23.4 Å². The van der Waals surface area contributed by atoms with Gasteiger partial charge in [-0.2, -0.15) is 4.68 Å². The summed E-state index contributed by atoms with van der Waals surface area (Å²) < 4.78 is 6.84. The monoisotopic (exact) mass is 413 g/mol. The molecule has 0 fully saturated rings. The molecule has 0 radical (unpaired) electrons. The standard InChI is InChI=1S/C24H23N5O2/c1-3-17(2)18-11-13-20(14-12-18)25-24(30)22(16-21-10-7-15-31-21)29-23(26-27-28-29)19-8-5-4-6-9-19/h4-17H,3H2,1-2H3,(H,25,30)/b22-16+/t17-/m0/s1. The fourth-order valence-electron chi connectivity index (χ4n) is 3.17. The summed E-state index contributed by atoms with van der Waals surface area (Å²) in [7, 11) is 0. The van der Waals surface area contributed by atoms with Gasteiger partial charge in [0, 0.05) is 17.3 Å². The van der Waals surface area contributed by atoms with Crippen molar-refractivity contribution in [3.05, 3.63) is 84.3 Å². The van der Waals surface area contributed by atoms with Gasteiger partial charge < -0.3 is 9.73 Å². The molecule has 0 saturated heterocycles. The number of aromatic nitrogens is 4. The highest BCUT2D eigenvalue weighted by molar-refractivity contribution is 6.24. The van der Waals surface area contributed by atoms with Gasteiger partial charge in [0.15, 0.2) is 5.82 Å². The molecule has 4 rings (SSSR count). The second-order valence-electron chi connectivity index (χ2n) is 7.21. The van der Waals surface area contributed by atoms with Crippen molar-refractivity contribution in [3.63, 3.8) is 0 Å². The van der Waals surface area contributed by atoms with Crippen molar-refractivity contribution in [3.8, 4) is 11.4 Å². The molecule has 0 saturated carbocycles. The second kappa shape index (κ2) is 9.21. The van der Waals surface area contributed by atoms with Gasteiger partial charge in [-0.15, -0.1) is 5.10 Å². The molecule has 7 nitrogen and oxygen atoms in total. The summed E-state index contributed by atoms with van der Waals surface area (Å²) in [6.45, 7) is 4.34. The summed E-state index contributed by atoms with van der Waals surface area (Å²) in [6, 6.07) is 20.9. The first-order valence-corrected chi connectivity index (χ1v) is 10.2. The number of hydrogen-bond acceptors (Lipinski definition) is 5. The van der Waals surface area contributed by atoms with Gasteiger partial charge in [0.05, 0.1) is 6.26 Å². The summed E-state index contributed by atoms with van der Waals surface area (Å²) in [5.41, 5.74) is 2.96. The molecule has 1 atom stereocenters. The number of anilines is 1. The van der Waals surface area contributed by atoms with Crippen LogP contribution in [-0.2, 0) is 4.79 Å². The molecule has 0 aliphatic rings. The van der Waals surface area contributed by atoms with E-state index in [2.05, 4.69) is 34.7 Å². The number of furan rings is 1. The third-order valence-corrected chi connectivity index (χ3v) is 5.13. The number of rotatable bonds is 7. The maximum Gasteiger partial charge on any atom is 0.274 e. The molecule has 1 amide bonds. The maximum absolute atomic E-state index is 13.3. The first-order chi connectivity index (χ1) is 15.2. The molecular weight excluding hydrogens is 390 g/mol. The lowest BCUT2D eigenvalue weighted by Crippen LogP contribution is -2.19. The Bertz CT molecular complexity index is 1160. The molecular formula is C24H23N5O2.